The average molecular weight is 250 g/mol. The van der Waals surface area contributed by atoms with Gasteiger partial charge in [0.2, 0.25) is 0 Å². The third kappa shape index (κ3) is 5.79. The van der Waals surface area contributed by atoms with Crippen molar-refractivity contribution in [1.29, 1.82) is 0 Å². The Morgan fingerprint density at radius 1 is 1.53 bits per heavy atom. The van der Waals surface area contributed by atoms with Crippen molar-refractivity contribution in [3.05, 3.63) is 18.5 Å². The van der Waals surface area contributed by atoms with Gasteiger partial charge in [0.15, 0.2) is 0 Å². The van der Waals surface area contributed by atoms with Gasteiger partial charge in [-0.25, -0.2) is 4.79 Å². The fourth-order valence-corrected chi connectivity index (χ4v) is 1.19. The molecule has 2 amide bonds. The maximum Gasteiger partial charge on any atom is 0.405 e. The van der Waals surface area contributed by atoms with Gasteiger partial charge in [0.1, 0.15) is 6.54 Å². The molecule has 0 fully saturated rings. The highest BCUT2D eigenvalue weighted by molar-refractivity contribution is 5.74. The van der Waals surface area contributed by atoms with Gasteiger partial charge in [-0.05, 0) is 13.0 Å². The normalized spacial score (nSPS) is 13.2. The van der Waals surface area contributed by atoms with E-state index in [1.807, 2.05) is 0 Å². The van der Waals surface area contributed by atoms with Gasteiger partial charge in [0.05, 0.1) is 6.54 Å². The fourth-order valence-electron chi connectivity index (χ4n) is 1.19. The van der Waals surface area contributed by atoms with Crippen molar-refractivity contribution in [3.8, 4) is 0 Å². The summed E-state index contributed by atoms with van der Waals surface area (Å²) in [6.45, 7) is 0.731. The van der Waals surface area contributed by atoms with E-state index in [4.69, 9.17) is 0 Å². The summed E-state index contributed by atoms with van der Waals surface area (Å²) in [5.74, 6) is 0. The topological polar surface area (TPSA) is 59.0 Å². The summed E-state index contributed by atoms with van der Waals surface area (Å²) in [4.78, 5) is 11.1. The molecule has 0 bridgehead atoms. The third-order valence-electron chi connectivity index (χ3n) is 1.85. The van der Waals surface area contributed by atoms with Crippen molar-refractivity contribution in [1.82, 2.24) is 20.4 Å². The summed E-state index contributed by atoms with van der Waals surface area (Å²) < 4.78 is 37.0. The van der Waals surface area contributed by atoms with Crippen LogP contribution in [0, 0.1) is 0 Å². The van der Waals surface area contributed by atoms with E-state index in [1.165, 1.54) is 0 Å². The Labute approximate surface area is 96.0 Å². The summed E-state index contributed by atoms with van der Waals surface area (Å²) in [5.41, 5.74) is 0. The van der Waals surface area contributed by atoms with Crippen LogP contribution in [0.5, 0.6) is 0 Å². The standard InChI is InChI=1S/C9H13F3N4O/c1-7(5-16-4-2-3-14-16)15-8(17)13-6-9(10,11)12/h2-4,7H,5-6H2,1H3,(H2,13,15,17). The van der Waals surface area contributed by atoms with Gasteiger partial charge in [-0.2, -0.15) is 18.3 Å². The zero-order valence-electron chi connectivity index (χ0n) is 9.16. The van der Waals surface area contributed by atoms with E-state index in [0.29, 0.717) is 6.54 Å². The fraction of sp³-hybridized carbons (Fsp3) is 0.556. The Balaban J connectivity index is 2.26. The largest absolute Gasteiger partial charge is 0.405 e. The van der Waals surface area contributed by atoms with Crippen molar-refractivity contribution < 1.29 is 18.0 Å². The molecule has 1 aromatic rings. The minimum atomic E-state index is -4.40. The zero-order valence-corrected chi connectivity index (χ0v) is 9.16. The van der Waals surface area contributed by atoms with Gasteiger partial charge in [-0.3, -0.25) is 4.68 Å². The smallest absolute Gasteiger partial charge is 0.334 e. The Bertz CT molecular complexity index is 350. The van der Waals surface area contributed by atoms with Crippen molar-refractivity contribution in [2.45, 2.75) is 25.7 Å². The maximum atomic E-state index is 11.8. The van der Waals surface area contributed by atoms with E-state index in [1.54, 1.807) is 35.4 Å². The number of carbonyl (C=O) groups is 1. The van der Waals surface area contributed by atoms with Crippen LogP contribution < -0.4 is 10.6 Å². The minimum absolute atomic E-state index is 0.317. The number of hydrogen-bond donors (Lipinski definition) is 2. The molecule has 0 aromatic carbocycles. The maximum absolute atomic E-state index is 11.8. The van der Waals surface area contributed by atoms with Crippen LogP contribution in [-0.4, -0.2) is 34.6 Å². The molecule has 0 spiro atoms. The molecule has 17 heavy (non-hydrogen) atoms. The van der Waals surface area contributed by atoms with Crippen LogP contribution >= 0.6 is 0 Å². The molecule has 1 rings (SSSR count). The van der Waals surface area contributed by atoms with Crippen molar-refractivity contribution >= 4 is 6.03 Å². The molecular formula is C9H13F3N4O. The second-order valence-corrected chi connectivity index (χ2v) is 3.57. The monoisotopic (exact) mass is 250 g/mol. The molecule has 0 saturated carbocycles. The Kier molecular flexibility index (Phi) is 4.36. The lowest BCUT2D eigenvalue weighted by atomic mass is 10.3. The van der Waals surface area contributed by atoms with Crippen LogP contribution in [0.4, 0.5) is 18.0 Å². The number of aromatic nitrogens is 2. The summed E-state index contributed by atoms with van der Waals surface area (Å²) in [5, 5.41) is 8.02. The predicted molar refractivity (Wildman–Crippen MR) is 54.3 cm³/mol. The van der Waals surface area contributed by atoms with Crippen LogP contribution in [0.1, 0.15) is 6.92 Å². The summed E-state index contributed by atoms with van der Waals surface area (Å²) in [6.07, 6.45) is -1.12. The number of urea groups is 1. The average Bonchev–Trinajstić information content (AvgIpc) is 2.66. The molecule has 2 N–H and O–H groups in total. The first-order valence-electron chi connectivity index (χ1n) is 4.95. The predicted octanol–water partition coefficient (Wildman–Crippen LogP) is 1.13. The number of alkyl halides is 3. The van der Waals surface area contributed by atoms with Gasteiger partial charge < -0.3 is 10.6 Å². The second-order valence-electron chi connectivity index (χ2n) is 3.57. The molecule has 8 heteroatoms. The molecule has 0 aliphatic carbocycles. The lowest BCUT2D eigenvalue weighted by molar-refractivity contribution is -0.122. The van der Waals surface area contributed by atoms with Crippen LogP contribution in [0.2, 0.25) is 0 Å². The number of nitrogens with one attached hydrogen (secondary N) is 2. The number of carbonyl (C=O) groups excluding carboxylic acids is 1. The molecule has 0 aliphatic heterocycles. The number of hydrogen-bond acceptors (Lipinski definition) is 2. The van der Waals surface area contributed by atoms with Gasteiger partial charge in [0, 0.05) is 18.4 Å². The molecule has 0 radical (unpaired) electrons. The Morgan fingerprint density at radius 3 is 2.76 bits per heavy atom. The highest BCUT2D eigenvalue weighted by Crippen LogP contribution is 2.11. The minimum Gasteiger partial charge on any atom is -0.334 e. The van der Waals surface area contributed by atoms with Gasteiger partial charge in [-0.1, -0.05) is 0 Å². The van der Waals surface area contributed by atoms with E-state index in [-0.39, 0.29) is 6.04 Å². The first-order chi connectivity index (χ1) is 7.87. The lowest BCUT2D eigenvalue weighted by Crippen LogP contribution is -2.45. The first kappa shape index (κ1) is 13.3. The van der Waals surface area contributed by atoms with E-state index in [9.17, 15) is 18.0 Å². The summed E-state index contributed by atoms with van der Waals surface area (Å²) in [6, 6.07) is 0.557. The first-order valence-corrected chi connectivity index (χ1v) is 4.95. The van der Waals surface area contributed by atoms with E-state index in [0.717, 1.165) is 0 Å². The Morgan fingerprint density at radius 2 is 2.24 bits per heavy atom. The van der Waals surface area contributed by atoms with E-state index < -0.39 is 18.8 Å². The van der Waals surface area contributed by atoms with Crippen molar-refractivity contribution in [2.24, 2.45) is 0 Å². The van der Waals surface area contributed by atoms with Crippen molar-refractivity contribution in [2.75, 3.05) is 6.54 Å². The molecule has 96 valence electrons. The van der Waals surface area contributed by atoms with Gasteiger partial charge >= 0.3 is 12.2 Å². The molecule has 1 atom stereocenters. The summed E-state index contributed by atoms with van der Waals surface area (Å²) >= 11 is 0. The van der Waals surface area contributed by atoms with Gasteiger partial charge in [0.25, 0.3) is 0 Å². The van der Waals surface area contributed by atoms with Gasteiger partial charge in [-0.15, -0.1) is 0 Å². The molecular weight excluding hydrogens is 237 g/mol. The second kappa shape index (κ2) is 5.55. The number of rotatable bonds is 4. The molecule has 1 heterocycles. The third-order valence-corrected chi connectivity index (χ3v) is 1.85. The van der Waals surface area contributed by atoms with Crippen LogP contribution in [0.25, 0.3) is 0 Å². The quantitative estimate of drug-likeness (QED) is 0.841. The Hall–Kier alpha value is -1.73. The van der Waals surface area contributed by atoms with E-state index in [2.05, 4.69) is 10.4 Å². The SMILES string of the molecule is CC(Cn1cccn1)NC(=O)NCC(F)(F)F. The highest BCUT2D eigenvalue weighted by atomic mass is 19.4. The number of amides is 2. The van der Waals surface area contributed by atoms with Crippen LogP contribution in [0.3, 0.4) is 0 Å². The highest BCUT2D eigenvalue weighted by Gasteiger charge is 2.27. The zero-order chi connectivity index (χ0) is 12.9. The molecule has 0 saturated heterocycles. The molecule has 1 aromatic heterocycles. The number of nitrogens with zero attached hydrogens (tertiary/aromatic N) is 2. The number of halogens is 3. The molecule has 0 aliphatic rings. The molecule has 5 nitrogen and oxygen atoms in total. The van der Waals surface area contributed by atoms with Crippen molar-refractivity contribution in [3.63, 3.8) is 0 Å². The van der Waals surface area contributed by atoms with Crippen LogP contribution in [0.15, 0.2) is 18.5 Å². The summed E-state index contributed by atoms with van der Waals surface area (Å²) in [7, 11) is 0. The van der Waals surface area contributed by atoms with E-state index >= 15 is 0 Å². The van der Waals surface area contributed by atoms with Crippen LogP contribution in [-0.2, 0) is 6.54 Å². The molecule has 1 unspecified atom stereocenters. The lowest BCUT2D eigenvalue weighted by Gasteiger charge is -2.15.